The molecule has 4 aromatic rings. The molecular weight excluding hydrogens is 517 g/mol. The maximum Gasteiger partial charge on any atom is 0.573 e. The lowest BCUT2D eigenvalue weighted by Gasteiger charge is -2.39. The molecule has 0 saturated carbocycles. The summed E-state index contributed by atoms with van der Waals surface area (Å²) >= 11 is 0. The summed E-state index contributed by atoms with van der Waals surface area (Å²) in [4.78, 5) is 2.44. The molecule has 0 unspecified atom stereocenters. The van der Waals surface area contributed by atoms with Crippen LogP contribution in [0.15, 0.2) is 66.9 Å². The number of methoxy groups -OCH3 is 1. The lowest BCUT2D eigenvalue weighted by molar-refractivity contribution is -0.274. The summed E-state index contributed by atoms with van der Waals surface area (Å²) in [6, 6.07) is 19.1. The number of alkyl halides is 3. The summed E-state index contributed by atoms with van der Waals surface area (Å²) in [6.45, 7) is 4.28. The Morgan fingerprint density at radius 1 is 0.925 bits per heavy atom. The number of rotatable bonds is 11. The van der Waals surface area contributed by atoms with E-state index in [1.54, 1.807) is 13.2 Å². The second kappa shape index (κ2) is 11.9. The van der Waals surface area contributed by atoms with Crippen LogP contribution in [0.2, 0.25) is 0 Å². The molecule has 1 aliphatic rings. The fourth-order valence-electron chi connectivity index (χ4n) is 5.63. The summed E-state index contributed by atoms with van der Waals surface area (Å²) in [5, 5.41) is 1.04. The maximum absolute atomic E-state index is 12.8. The molecule has 1 fully saturated rings. The molecule has 0 atom stereocenters. The van der Waals surface area contributed by atoms with Crippen molar-refractivity contribution in [3.8, 4) is 22.6 Å². The van der Waals surface area contributed by atoms with E-state index in [0.717, 1.165) is 66.8 Å². The Bertz CT molecular complexity index is 1460. The van der Waals surface area contributed by atoms with Gasteiger partial charge in [-0.15, -0.1) is 13.2 Å². The Hall–Kier alpha value is -3.53. The first-order chi connectivity index (χ1) is 19.3. The van der Waals surface area contributed by atoms with Crippen LogP contribution in [0.25, 0.3) is 22.0 Å². The van der Waals surface area contributed by atoms with E-state index in [0.29, 0.717) is 18.0 Å². The number of fused-ring (bicyclic) bond motifs is 1. The van der Waals surface area contributed by atoms with Crippen LogP contribution in [0, 0.1) is 5.92 Å². The molecule has 2 heterocycles. The van der Waals surface area contributed by atoms with Gasteiger partial charge in [0.1, 0.15) is 11.5 Å². The number of halogens is 3. The van der Waals surface area contributed by atoms with E-state index in [1.807, 2.05) is 12.1 Å². The predicted octanol–water partition coefficient (Wildman–Crippen LogP) is 5.70. The van der Waals surface area contributed by atoms with E-state index in [2.05, 4.69) is 50.7 Å². The molecule has 0 amide bonds. The molecular formula is C31H35F3N4O2. The zero-order valence-electron chi connectivity index (χ0n) is 22.6. The summed E-state index contributed by atoms with van der Waals surface area (Å²) in [5.41, 5.74) is 17.6. The van der Waals surface area contributed by atoms with Gasteiger partial charge in [-0.2, -0.15) is 0 Å². The average molecular weight is 553 g/mol. The first-order valence-electron chi connectivity index (χ1n) is 13.5. The fourth-order valence-corrected chi connectivity index (χ4v) is 5.63. The molecule has 1 aromatic heterocycles. The molecule has 9 heteroatoms. The Morgan fingerprint density at radius 3 is 2.48 bits per heavy atom. The second-order valence-corrected chi connectivity index (χ2v) is 10.4. The summed E-state index contributed by atoms with van der Waals surface area (Å²) in [5.74, 6) is 1.22. The minimum absolute atomic E-state index is 0.0853. The van der Waals surface area contributed by atoms with Crippen molar-refractivity contribution < 1.29 is 22.6 Å². The van der Waals surface area contributed by atoms with Crippen LogP contribution in [0.4, 0.5) is 13.2 Å². The zero-order valence-corrected chi connectivity index (χ0v) is 22.6. The van der Waals surface area contributed by atoms with Gasteiger partial charge >= 0.3 is 6.36 Å². The number of aryl methyl sites for hydroxylation is 1. The van der Waals surface area contributed by atoms with E-state index in [1.165, 1.54) is 23.3 Å². The smallest absolute Gasteiger partial charge is 0.497 e. The molecule has 5 rings (SSSR count). The Balaban J connectivity index is 1.37. The molecule has 212 valence electrons. The SMILES string of the molecule is COc1cccc(CC2CN(Cc3ccc4c(c3)c(-c3ccc(OC(F)(F)F)cc3CN)cn4CCCN)C2)c1. The van der Waals surface area contributed by atoms with Gasteiger partial charge in [0.05, 0.1) is 7.11 Å². The average Bonchev–Trinajstić information content (AvgIpc) is 3.27. The van der Waals surface area contributed by atoms with Gasteiger partial charge in [0, 0.05) is 55.4 Å². The Labute approximate surface area is 232 Å². The number of hydrogen-bond acceptors (Lipinski definition) is 5. The van der Waals surface area contributed by atoms with Crippen molar-refractivity contribution in [2.75, 3.05) is 26.7 Å². The van der Waals surface area contributed by atoms with Gasteiger partial charge < -0.3 is 25.5 Å². The van der Waals surface area contributed by atoms with Crippen LogP contribution in [0.1, 0.15) is 23.1 Å². The van der Waals surface area contributed by atoms with Crippen molar-refractivity contribution >= 4 is 10.9 Å². The fraction of sp³-hybridized carbons (Fsp3) is 0.355. The molecule has 0 spiro atoms. The highest BCUT2D eigenvalue weighted by molar-refractivity contribution is 5.97. The van der Waals surface area contributed by atoms with E-state index < -0.39 is 6.36 Å². The van der Waals surface area contributed by atoms with Gasteiger partial charge in [-0.1, -0.05) is 24.3 Å². The van der Waals surface area contributed by atoms with E-state index in [9.17, 15) is 13.2 Å². The molecule has 0 bridgehead atoms. The number of hydrogen-bond donors (Lipinski definition) is 2. The number of aromatic nitrogens is 1. The number of likely N-dealkylation sites (tertiary alicyclic amines) is 1. The van der Waals surface area contributed by atoms with Crippen molar-refractivity contribution in [2.24, 2.45) is 17.4 Å². The first kappa shape index (κ1) is 28.0. The normalized spacial score (nSPS) is 14.4. The number of benzene rings is 3. The Morgan fingerprint density at radius 2 is 1.75 bits per heavy atom. The van der Waals surface area contributed by atoms with Crippen LogP contribution in [-0.2, 0) is 26.1 Å². The van der Waals surface area contributed by atoms with Gasteiger partial charge in [0.25, 0.3) is 0 Å². The van der Waals surface area contributed by atoms with Gasteiger partial charge in [0.2, 0.25) is 0 Å². The van der Waals surface area contributed by atoms with Crippen molar-refractivity contribution in [3.63, 3.8) is 0 Å². The lowest BCUT2D eigenvalue weighted by Crippen LogP contribution is -2.46. The van der Waals surface area contributed by atoms with Crippen LogP contribution < -0.4 is 20.9 Å². The molecule has 4 N–H and O–H groups in total. The lowest BCUT2D eigenvalue weighted by atomic mass is 9.91. The summed E-state index contributed by atoms with van der Waals surface area (Å²) in [7, 11) is 1.69. The van der Waals surface area contributed by atoms with Crippen LogP contribution in [0.3, 0.4) is 0 Å². The van der Waals surface area contributed by atoms with Gasteiger partial charge in [-0.25, -0.2) is 0 Å². The van der Waals surface area contributed by atoms with Crippen molar-refractivity contribution in [2.45, 2.75) is 38.8 Å². The monoisotopic (exact) mass is 552 g/mol. The van der Waals surface area contributed by atoms with Gasteiger partial charge in [0.15, 0.2) is 0 Å². The van der Waals surface area contributed by atoms with Gasteiger partial charge in [-0.05, 0) is 84.0 Å². The molecule has 0 aliphatic carbocycles. The zero-order chi connectivity index (χ0) is 28.3. The number of nitrogens with two attached hydrogens (primary N) is 2. The van der Waals surface area contributed by atoms with E-state index in [-0.39, 0.29) is 12.3 Å². The predicted molar refractivity (Wildman–Crippen MR) is 151 cm³/mol. The third-order valence-corrected chi connectivity index (χ3v) is 7.47. The summed E-state index contributed by atoms with van der Waals surface area (Å²) in [6.07, 6.45) is -0.868. The minimum atomic E-state index is -4.76. The van der Waals surface area contributed by atoms with E-state index in [4.69, 9.17) is 16.2 Å². The van der Waals surface area contributed by atoms with Crippen molar-refractivity contribution in [1.29, 1.82) is 0 Å². The number of nitrogens with zero attached hydrogens (tertiary/aromatic N) is 2. The highest BCUT2D eigenvalue weighted by Gasteiger charge is 2.31. The number of ether oxygens (including phenoxy) is 2. The third-order valence-electron chi connectivity index (χ3n) is 7.47. The van der Waals surface area contributed by atoms with Crippen LogP contribution >= 0.6 is 0 Å². The molecule has 0 radical (unpaired) electrons. The first-order valence-corrected chi connectivity index (χ1v) is 13.5. The van der Waals surface area contributed by atoms with Gasteiger partial charge in [-0.3, -0.25) is 4.90 Å². The van der Waals surface area contributed by atoms with Crippen molar-refractivity contribution in [3.05, 3.63) is 83.6 Å². The minimum Gasteiger partial charge on any atom is -0.497 e. The Kier molecular flexibility index (Phi) is 8.35. The standard InChI is InChI=1S/C31H35F3N4O2/c1-39-25-5-2-4-21(13-25)12-23-18-37(19-23)17-22-6-9-30-28(14-22)29(20-38(30)11-3-10-35)27-8-7-26(15-24(27)16-36)40-31(32,33)34/h2,4-9,13-15,20,23H,3,10-12,16-19,35-36H2,1H3. The maximum atomic E-state index is 12.8. The molecule has 40 heavy (non-hydrogen) atoms. The topological polar surface area (TPSA) is 78.7 Å². The van der Waals surface area contributed by atoms with E-state index >= 15 is 0 Å². The third kappa shape index (κ3) is 6.43. The van der Waals surface area contributed by atoms with Crippen molar-refractivity contribution in [1.82, 2.24) is 9.47 Å². The molecule has 3 aromatic carbocycles. The van der Waals surface area contributed by atoms with Crippen LogP contribution in [-0.4, -0.2) is 42.6 Å². The second-order valence-electron chi connectivity index (χ2n) is 10.4. The van der Waals surface area contributed by atoms with Crippen LogP contribution in [0.5, 0.6) is 11.5 Å². The molecule has 1 saturated heterocycles. The summed E-state index contributed by atoms with van der Waals surface area (Å²) < 4.78 is 50.1. The largest absolute Gasteiger partial charge is 0.573 e. The molecule has 6 nitrogen and oxygen atoms in total. The quantitative estimate of drug-likeness (QED) is 0.250. The highest BCUT2D eigenvalue weighted by Crippen LogP contribution is 2.36. The highest BCUT2D eigenvalue weighted by atomic mass is 19.4. The molecule has 1 aliphatic heterocycles.